The van der Waals surface area contributed by atoms with Gasteiger partial charge in [-0.05, 0) is 24.8 Å². The maximum atomic E-state index is 12.9. The number of hydrogen-bond donors (Lipinski definition) is 4. The van der Waals surface area contributed by atoms with Crippen LogP contribution in [-0.2, 0) is 30.4 Å². The lowest BCUT2D eigenvalue weighted by Gasteiger charge is -2.25. The first-order valence-electron chi connectivity index (χ1n) is 15.7. The van der Waals surface area contributed by atoms with Crippen molar-refractivity contribution in [3.63, 3.8) is 0 Å². The monoisotopic (exact) mass is 586 g/mol. The second-order valence-electron chi connectivity index (χ2n) is 11.1. The number of nitrogens with one attached hydrogen (secondary N) is 3. The molecule has 0 bridgehead atoms. The summed E-state index contributed by atoms with van der Waals surface area (Å²) in [6.07, 6.45) is 12.6. The molecule has 1 aliphatic rings. The van der Waals surface area contributed by atoms with Gasteiger partial charge in [-0.3, -0.25) is 19.2 Å². The van der Waals surface area contributed by atoms with Gasteiger partial charge in [0.05, 0.1) is 0 Å². The Morgan fingerprint density at radius 1 is 0.833 bits per heavy atom. The van der Waals surface area contributed by atoms with Gasteiger partial charge in [-0.15, -0.1) is 0 Å². The zero-order chi connectivity index (χ0) is 30.6. The second-order valence-corrected chi connectivity index (χ2v) is 11.1. The van der Waals surface area contributed by atoms with Crippen LogP contribution in [0.3, 0.4) is 0 Å². The Morgan fingerprint density at radius 3 is 2.07 bits per heavy atom. The van der Waals surface area contributed by atoms with Crippen LogP contribution in [0, 0.1) is 0 Å². The Kier molecular flexibility index (Phi) is 16.9. The van der Waals surface area contributed by atoms with Gasteiger partial charge in [-0.25, -0.2) is 4.79 Å². The predicted octanol–water partition coefficient (Wildman–Crippen LogP) is 3.72. The summed E-state index contributed by atoms with van der Waals surface area (Å²) in [5, 5.41) is 17.7. The quantitative estimate of drug-likeness (QED) is 0.162. The Hall–Kier alpha value is -3.43. The first kappa shape index (κ1) is 34.8. The molecule has 234 valence electrons. The summed E-state index contributed by atoms with van der Waals surface area (Å²) in [5.74, 6) is -2.19. The summed E-state index contributed by atoms with van der Waals surface area (Å²) in [6, 6.07) is 7.22. The van der Waals surface area contributed by atoms with E-state index in [1.54, 1.807) is 12.1 Å². The fourth-order valence-corrected chi connectivity index (χ4v) is 5.20. The van der Waals surface area contributed by atoms with Gasteiger partial charge in [0.25, 0.3) is 0 Å². The summed E-state index contributed by atoms with van der Waals surface area (Å²) >= 11 is 0. The van der Waals surface area contributed by atoms with Crippen LogP contribution in [-0.4, -0.2) is 71.3 Å². The largest absolute Gasteiger partial charge is 0.480 e. The van der Waals surface area contributed by atoms with E-state index in [0.29, 0.717) is 25.8 Å². The summed E-state index contributed by atoms with van der Waals surface area (Å²) in [5.41, 5.74) is 0.790. The molecular formula is C32H50N4O6. The molecule has 1 aromatic rings. The number of carbonyl (C=O) groups is 5. The number of carboxylic acids is 1. The maximum Gasteiger partial charge on any atom is 0.326 e. The third-order valence-corrected chi connectivity index (χ3v) is 7.62. The van der Waals surface area contributed by atoms with E-state index in [9.17, 15) is 29.1 Å². The molecule has 2 atom stereocenters. The van der Waals surface area contributed by atoms with E-state index in [4.69, 9.17) is 0 Å². The van der Waals surface area contributed by atoms with Crippen molar-refractivity contribution in [3.05, 3.63) is 35.9 Å². The van der Waals surface area contributed by atoms with Crippen molar-refractivity contribution in [3.8, 4) is 0 Å². The molecule has 1 saturated heterocycles. The fourth-order valence-electron chi connectivity index (χ4n) is 5.20. The van der Waals surface area contributed by atoms with Gasteiger partial charge in [0.2, 0.25) is 23.6 Å². The van der Waals surface area contributed by atoms with Crippen LogP contribution in [0.1, 0.15) is 102 Å². The minimum absolute atomic E-state index is 0.0346. The first-order chi connectivity index (χ1) is 20.3. The van der Waals surface area contributed by atoms with Crippen LogP contribution in [0.5, 0.6) is 0 Å². The van der Waals surface area contributed by atoms with Crippen LogP contribution in [0.15, 0.2) is 30.3 Å². The van der Waals surface area contributed by atoms with Crippen LogP contribution < -0.4 is 16.0 Å². The average Bonchev–Trinajstić information content (AvgIpc) is 3.47. The normalized spacial score (nSPS) is 15.2. The van der Waals surface area contributed by atoms with Gasteiger partial charge < -0.3 is 26.0 Å². The Morgan fingerprint density at radius 2 is 1.43 bits per heavy atom. The van der Waals surface area contributed by atoms with E-state index < -0.39 is 24.0 Å². The van der Waals surface area contributed by atoms with Crippen molar-refractivity contribution in [1.82, 2.24) is 20.9 Å². The van der Waals surface area contributed by atoms with Crippen LogP contribution in [0.4, 0.5) is 0 Å². The maximum absolute atomic E-state index is 12.9. The lowest BCUT2D eigenvalue weighted by atomic mass is 10.1. The molecule has 0 saturated carbocycles. The van der Waals surface area contributed by atoms with Gasteiger partial charge >= 0.3 is 5.97 Å². The Bertz CT molecular complexity index is 986. The minimum Gasteiger partial charge on any atom is -0.480 e. The molecule has 0 aliphatic carbocycles. The smallest absolute Gasteiger partial charge is 0.326 e. The lowest BCUT2D eigenvalue weighted by Crippen LogP contribution is -2.51. The second kappa shape index (κ2) is 20.4. The number of carboxylic acid groups (broad SMARTS) is 1. The van der Waals surface area contributed by atoms with Crippen molar-refractivity contribution in [2.45, 2.75) is 115 Å². The van der Waals surface area contributed by atoms with Crippen LogP contribution in [0.2, 0.25) is 0 Å². The van der Waals surface area contributed by atoms with Gasteiger partial charge in [-0.2, -0.15) is 0 Å². The van der Waals surface area contributed by atoms with Crippen LogP contribution >= 0.6 is 0 Å². The van der Waals surface area contributed by atoms with E-state index in [1.807, 2.05) is 18.2 Å². The Balaban J connectivity index is 1.60. The molecule has 1 fully saturated rings. The van der Waals surface area contributed by atoms with Gasteiger partial charge in [-0.1, -0.05) is 88.6 Å². The molecule has 0 spiro atoms. The summed E-state index contributed by atoms with van der Waals surface area (Å²) in [7, 11) is 0. The fraction of sp³-hybridized carbons (Fsp3) is 0.656. The zero-order valence-corrected chi connectivity index (χ0v) is 25.2. The summed E-state index contributed by atoms with van der Waals surface area (Å²) in [6.45, 7) is 3.00. The highest BCUT2D eigenvalue weighted by molar-refractivity contribution is 5.91. The number of nitrogens with zero attached hydrogens (tertiary/aromatic N) is 1. The molecule has 1 aromatic carbocycles. The molecule has 4 amide bonds. The molecule has 10 heteroatoms. The van der Waals surface area contributed by atoms with E-state index >= 15 is 0 Å². The molecule has 2 unspecified atom stereocenters. The number of hydrogen-bond acceptors (Lipinski definition) is 5. The van der Waals surface area contributed by atoms with Crippen molar-refractivity contribution in [2.75, 3.05) is 19.6 Å². The summed E-state index contributed by atoms with van der Waals surface area (Å²) < 4.78 is 0. The van der Waals surface area contributed by atoms with Crippen molar-refractivity contribution in [2.24, 2.45) is 0 Å². The van der Waals surface area contributed by atoms with Gasteiger partial charge in [0.1, 0.15) is 12.1 Å². The van der Waals surface area contributed by atoms with Crippen LogP contribution in [0.25, 0.3) is 0 Å². The van der Waals surface area contributed by atoms with Crippen molar-refractivity contribution < 1.29 is 29.1 Å². The molecule has 10 nitrogen and oxygen atoms in total. The van der Waals surface area contributed by atoms with E-state index in [2.05, 4.69) is 22.9 Å². The summed E-state index contributed by atoms with van der Waals surface area (Å²) in [4.78, 5) is 63.1. The predicted molar refractivity (Wildman–Crippen MR) is 162 cm³/mol. The van der Waals surface area contributed by atoms with Crippen molar-refractivity contribution in [1.29, 1.82) is 0 Å². The molecule has 42 heavy (non-hydrogen) atoms. The SMILES string of the molecule is CCCCCCCCCCCC(=O)NCCC(=O)NCCC(=O)N1CCCC1C(=O)NC(Cc1ccccc1)C(=O)O. The molecule has 1 aliphatic heterocycles. The number of amides is 4. The third-order valence-electron chi connectivity index (χ3n) is 7.62. The highest BCUT2D eigenvalue weighted by Gasteiger charge is 2.35. The van der Waals surface area contributed by atoms with Gasteiger partial charge in [0.15, 0.2) is 0 Å². The lowest BCUT2D eigenvalue weighted by molar-refractivity contribution is -0.143. The Labute approximate surface area is 250 Å². The number of rotatable bonds is 21. The number of unbranched alkanes of at least 4 members (excludes halogenated alkanes) is 8. The number of likely N-dealkylation sites (tertiary alicyclic amines) is 1. The highest BCUT2D eigenvalue weighted by atomic mass is 16.4. The average molecular weight is 587 g/mol. The molecule has 0 aromatic heterocycles. The van der Waals surface area contributed by atoms with E-state index in [0.717, 1.165) is 24.8 Å². The molecule has 1 heterocycles. The molecular weight excluding hydrogens is 536 g/mol. The standard InChI is InChI=1S/C32H50N4O6/c1-2-3-4-5-6-7-8-9-13-18-28(37)33-21-19-29(38)34-22-20-30(39)36-23-14-17-27(36)31(40)35-26(32(41)42)24-25-15-11-10-12-16-25/h10-12,15-16,26-27H,2-9,13-14,17-24H2,1H3,(H,33,37)(H,34,38)(H,35,40)(H,41,42). The number of benzene rings is 1. The highest BCUT2D eigenvalue weighted by Crippen LogP contribution is 2.19. The first-order valence-corrected chi connectivity index (χ1v) is 15.7. The van der Waals surface area contributed by atoms with E-state index in [1.165, 1.54) is 43.4 Å². The minimum atomic E-state index is -1.13. The zero-order valence-electron chi connectivity index (χ0n) is 25.2. The molecule has 0 radical (unpaired) electrons. The van der Waals surface area contributed by atoms with Gasteiger partial charge in [0, 0.05) is 45.3 Å². The van der Waals surface area contributed by atoms with Crippen molar-refractivity contribution >= 4 is 29.6 Å². The number of carbonyl (C=O) groups excluding carboxylic acids is 4. The van der Waals surface area contributed by atoms with E-state index in [-0.39, 0.29) is 50.1 Å². The third kappa shape index (κ3) is 14.0. The molecule has 4 N–H and O–H groups in total. The topological polar surface area (TPSA) is 145 Å². The number of aliphatic carboxylic acids is 1. The molecule has 2 rings (SSSR count).